The number of hydrogen-bond acceptors (Lipinski definition) is 3. The highest BCUT2D eigenvalue weighted by Gasteiger charge is 2.35. The first-order chi connectivity index (χ1) is 13.4. The van der Waals surface area contributed by atoms with Crippen molar-refractivity contribution < 1.29 is 14.4 Å². The van der Waals surface area contributed by atoms with Gasteiger partial charge in [-0.05, 0) is 24.6 Å². The molecule has 1 heterocycles. The van der Waals surface area contributed by atoms with Crippen LogP contribution < -0.4 is 5.32 Å². The number of amides is 3. The van der Waals surface area contributed by atoms with Crippen LogP contribution in [0.4, 0.5) is 5.69 Å². The van der Waals surface area contributed by atoms with Crippen LogP contribution in [0.15, 0.2) is 54.6 Å². The topological polar surface area (TPSA) is 69.7 Å². The highest BCUT2D eigenvalue weighted by Crippen LogP contribution is 2.22. The van der Waals surface area contributed by atoms with Crippen molar-refractivity contribution in [1.82, 2.24) is 9.80 Å². The first kappa shape index (κ1) is 19.6. The van der Waals surface area contributed by atoms with Crippen molar-refractivity contribution >= 4 is 23.4 Å². The molecule has 1 aliphatic heterocycles. The van der Waals surface area contributed by atoms with Gasteiger partial charge in [0.15, 0.2) is 0 Å². The third-order valence-electron chi connectivity index (χ3n) is 4.87. The first-order valence-electron chi connectivity index (χ1n) is 9.35. The van der Waals surface area contributed by atoms with E-state index in [4.69, 9.17) is 0 Å². The van der Waals surface area contributed by atoms with Crippen molar-refractivity contribution in [2.24, 2.45) is 5.92 Å². The molecule has 3 amide bonds. The Hall–Kier alpha value is -3.15. The molecule has 0 unspecified atom stereocenters. The standard InChI is InChI=1S/C22H25N3O3/c1-16-8-10-19(11-9-16)23-20(26)15-24(2)22(28)18-12-21(27)25(14-18)13-17-6-4-3-5-7-17/h3-11,18H,12-15H2,1-2H3,(H,23,26)/t18-/m0/s1. The molecule has 0 saturated carbocycles. The Kier molecular flexibility index (Phi) is 6.09. The average Bonchev–Trinajstić information content (AvgIpc) is 3.04. The SMILES string of the molecule is Cc1ccc(NC(=O)CN(C)C(=O)[C@H]2CC(=O)N(Cc3ccccc3)C2)cc1. The smallest absolute Gasteiger partial charge is 0.243 e. The van der Waals surface area contributed by atoms with Crippen LogP contribution in [0, 0.1) is 12.8 Å². The summed E-state index contributed by atoms with van der Waals surface area (Å²) in [5, 5.41) is 2.79. The first-order valence-corrected chi connectivity index (χ1v) is 9.35. The average molecular weight is 379 g/mol. The molecule has 2 aromatic carbocycles. The minimum absolute atomic E-state index is 0.0280. The van der Waals surface area contributed by atoms with Crippen LogP contribution >= 0.6 is 0 Å². The zero-order valence-electron chi connectivity index (χ0n) is 16.2. The lowest BCUT2D eigenvalue weighted by atomic mass is 10.1. The summed E-state index contributed by atoms with van der Waals surface area (Å²) < 4.78 is 0. The van der Waals surface area contributed by atoms with Crippen LogP contribution in [-0.4, -0.2) is 47.7 Å². The molecule has 0 aromatic heterocycles. The fourth-order valence-electron chi connectivity index (χ4n) is 3.34. The van der Waals surface area contributed by atoms with Gasteiger partial charge < -0.3 is 15.1 Å². The molecule has 1 aliphatic rings. The summed E-state index contributed by atoms with van der Waals surface area (Å²) in [6.45, 7) is 2.82. The summed E-state index contributed by atoms with van der Waals surface area (Å²) in [5.41, 5.74) is 2.84. The molecule has 146 valence electrons. The highest BCUT2D eigenvalue weighted by molar-refractivity contribution is 5.96. The normalized spacial score (nSPS) is 16.1. The molecule has 0 radical (unpaired) electrons. The fourth-order valence-corrected chi connectivity index (χ4v) is 3.34. The van der Waals surface area contributed by atoms with E-state index in [1.807, 2.05) is 61.5 Å². The van der Waals surface area contributed by atoms with E-state index in [-0.39, 0.29) is 30.7 Å². The van der Waals surface area contributed by atoms with Gasteiger partial charge in [0.25, 0.3) is 0 Å². The van der Waals surface area contributed by atoms with Crippen molar-refractivity contribution in [2.45, 2.75) is 19.9 Å². The predicted octanol–water partition coefficient (Wildman–Crippen LogP) is 2.44. The lowest BCUT2D eigenvalue weighted by Gasteiger charge is -2.21. The molecule has 28 heavy (non-hydrogen) atoms. The number of likely N-dealkylation sites (N-methyl/N-ethyl adjacent to an activating group) is 1. The molecule has 1 N–H and O–H groups in total. The van der Waals surface area contributed by atoms with Crippen LogP contribution in [0.25, 0.3) is 0 Å². The molecule has 6 nitrogen and oxygen atoms in total. The Labute approximate surface area is 165 Å². The lowest BCUT2D eigenvalue weighted by molar-refractivity contribution is -0.137. The second-order valence-electron chi connectivity index (χ2n) is 7.27. The van der Waals surface area contributed by atoms with Crippen molar-refractivity contribution in [1.29, 1.82) is 0 Å². The number of anilines is 1. The van der Waals surface area contributed by atoms with E-state index in [9.17, 15) is 14.4 Å². The summed E-state index contributed by atoms with van der Waals surface area (Å²) in [7, 11) is 1.60. The van der Waals surface area contributed by atoms with Crippen molar-refractivity contribution in [2.75, 3.05) is 25.5 Å². The number of carbonyl (C=O) groups is 3. The van der Waals surface area contributed by atoms with E-state index < -0.39 is 5.92 Å². The van der Waals surface area contributed by atoms with E-state index in [1.54, 1.807) is 11.9 Å². The van der Waals surface area contributed by atoms with Gasteiger partial charge in [0.05, 0.1) is 12.5 Å². The number of rotatable bonds is 6. The molecule has 2 aromatic rings. The molecule has 0 spiro atoms. The van der Waals surface area contributed by atoms with Gasteiger partial charge in [-0.2, -0.15) is 0 Å². The minimum Gasteiger partial charge on any atom is -0.338 e. The minimum atomic E-state index is -0.409. The second kappa shape index (κ2) is 8.69. The van der Waals surface area contributed by atoms with E-state index in [0.29, 0.717) is 18.8 Å². The fraction of sp³-hybridized carbons (Fsp3) is 0.318. The zero-order valence-corrected chi connectivity index (χ0v) is 16.2. The number of benzene rings is 2. The largest absolute Gasteiger partial charge is 0.338 e. The van der Waals surface area contributed by atoms with Gasteiger partial charge in [0, 0.05) is 32.2 Å². The number of nitrogens with one attached hydrogen (secondary N) is 1. The van der Waals surface area contributed by atoms with Crippen molar-refractivity contribution in [3.8, 4) is 0 Å². The Morgan fingerprint density at radius 2 is 1.79 bits per heavy atom. The number of carbonyl (C=O) groups excluding carboxylic acids is 3. The molecule has 1 saturated heterocycles. The molecule has 1 fully saturated rings. The molecular formula is C22H25N3O3. The van der Waals surface area contributed by atoms with Crippen LogP contribution in [0.3, 0.4) is 0 Å². The third kappa shape index (κ3) is 4.97. The summed E-state index contributed by atoms with van der Waals surface area (Å²) in [6, 6.07) is 17.2. The molecule has 0 bridgehead atoms. The molecular weight excluding hydrogens is 354 g/mol. The Bertz CT molecular complexity index is 849. The van der Waals surface area contributed by atoms with Crippen LogP contribution in [0.2, 0.25) is 0 Å². The molecule has 3 rings (SSSR count). The maximum Gasteiger partial charge on any atom is 0.243 e. The van der Waals surface area contributed by atoms with Gasteiger partial charge in [0.2, 0.25) is 17.7 Å². The second-order valence-corrected chi connectivity index (χ2v) is 7.27. The number of nitrogens with zero attached hydrogens (tertiary/aromatic N) is 2. The summed E-state index contributed by atoms with van der Waals surface area (Å²) >= 11 is 0. The monoisotopic (exact) mass is 379 g/mol. The maximum atomic E-state index is 12.7. The molecule has 1 atom stereocenters. The number of aryl methyl sites for hydroxylation is 1. The van der Waals surface area contributed by atoms with Gasteiger partial charge in [-0.3, -0.25) is 14.4 Å². The summed E-state index contributed by atoms with van der Waals surface area (Å²) in [6.07, 6.45) is 0.190. The van der Waals surface area contributed by atoms with Crippen molar-refractivity contribution in [3.63, 3.8) is 0 Å². The molecule has 0 aliphatic carbocycles. The Balaban J connectivity index is 1.52. The van der Waals surface area contributed by atoms with Crippen LogP contribution in [-0.2, 0) is 20.9 Å². The summed E-state index contributed by atoms with van der Waals surface area (Å²) in [5.74, 6) is -0.874. The third-order valence-corrected chi connectivity index (χ3v) is 4.87. The van der Waals surface area contributed by atoms with Gasteiger partial charge in [-0.25, -0.2) is 0 Å². The number of likely N-dealkylation sites (tertiary alicyclic amines) is 1. The van der Waals surface area contributed by atoms with Crippen LogP contribution in [0.5, 0.6) is 0 Å². The quantitative estimate of drug-likeness (QED) is 0.838. The maximum absolute atomic E-state index is 12.7. The van der Waals surface area contributed by atoms with Gasteiger partial charge in [-0.15, -0.1) is 0 Å². The van der Waals surface area contributed by atoms with E-state index in [1.165, 1.54) is 4.90 Å². The Morgan fingerprint density at radius 1 is 1.11 bits per heavy atom. The zero-order chi connectivity index (χ0) is 20.1. The number of hydrogen-bond donors (Lipinski definition) is 1. The van der Waals surface area contributed by atoms with Crippen LogP contribution in [0.1, 0.15) is 17.5 Å². The van der Waals surface area contributed by atoms with E-state index in [2.05, 4.69) is 5.32 Å². The lowest BCUT2D eigenvalue weighted by Crippen LogP contribution is -2.39. The van der Waals surface area contributed by atoms with E-state index >= 15 is 0 Å². The van der Waals surface area contributed by atoms with Gasteiger partial charge in [-0.1, -0.05) is 48.0 Å². The summed E-state index contributed by atoms with van der Waals surface area (Å²) in [4.78, 5) is 40.3. The van der Waals surface area contributed by atoms with Gasteiger partial charge in [0.1, 0.15) is 0 Å². The highest BCUT2D eigenvalue weighted by atomic mass is 16.2. The van der Waals surface area contributed by atoms with Gasteiger partial charge >= 0.3 is 0 Å². The predicted molar refractivity (Wildman–Crippen MR) is 107 cm³/mol. The molecule has 6 heteroatoms. The Morgan fingerprint density at radius 3 is 2.46 bits per heavy atom. The van der Waals surface area contributed by atoms with E-state index in [0.717, 1.165) is 11.1 Å². The van der Waals surface area contributed by atoms with Crippen molar-refractivity contribution in [3.05, 3.63) is 65.7 Å².